The van der Waals surface area contributed by atoms with Gasteiger partial charge in [0.05, 0.1) is 12.1 Å². The lowest BCUT2D eigenvalue weighted by molar-refractivity contribution is -0.140. The fraction of sp³-hybridized carbons (Fsp3) is 0.739. The number of hydrogen-bond acceptors (Lipinski definition) is 5. The fourth-order valence-corrected chi connectivity index (χ4v) is 5.57. The van der Waals surface area contributed by atoms with Gasteiger partial charge in [-0.25, -0.2) is 0 Å². The standard InChI is InChI=1S/C23H36N4O3/c1-23(9-6-18-5-2-10-24-21(18)25-23)14-17-4-3-11-27(15-17)22(30)19-7-12-26(13-8-19)16-20(28)29/h6,9,17,19,24-25H,2-5,7-8,10-16H2,1H3,(H,28,29). The van der Waals surface area contributed by atoms with Gasteiger partial charge in [0.1, 0.15) is 5.82 Å². The molecule has 3 N–H and O–H groups in total. The molecule has 4 aliphatic rings. The summed E-state index contributed by atoms with van der Waals surface area (Å²) in [5, 5.41) is 16.2. The first kappa shape index (κ1) is 21.2. The van der Waals surface area contributed by atoms with Crippen LogP contribution in [0.25, 0.3) is 0 Å². The number of hydrogen-bond donors (Lipinski definition) is 3. The second-order valence-corrected chi connectivity index (χ2v) is 9.75. The van der Waals surface area contributed by atoms with Crippen molar-refractivity contribution < 1.29 is 14.7 Å². The summed E-state index contributed by atoms with van der Waals surface area (Å²) >= 11 is 0. The number of nitrogens with one attached hydrogen (secondary N) is 2. The molecule has 2 fully saturated rings. The number of dihydropyridines is 1. The molecule has 4 aliphatic heterocycles. The van der Waals surface area contributed by atoms with Crippen molar-refractivity contribution in [3.63, 3.8) is 0 Å². The predicted octanol–water partition coefficient (Wildman–Crippen LogP) is 1.92. The van der Waals surface area contributed by atoms with E-state index in [4.69, 9.17) is 5.11 Å². The average Bonchev–Trinajstić information content (AvgIpc) is 2.73. The van der Waals surface area contributed by atoms with E-state index in [1.165, 1.54) is 24.2 Å². The molecule has 2 atom stereocenters. The topological polar surface area (TPSA) is 84.9 Å². The van der Waals surface area contributed by atoms with Gasteiger partial charge in [0, 0.05) is 25.6 Å². The van der Waals surface area contributed by atoms with Crippen molar-refractivity contribution in [2.24, 2.45) is 11.8 Å². The van der Waals surface area contributed by atoms with E-state index in [0.717, 1.165) is 51.7 Å². The fourth-order valence-electron chi connectivity index (χ4n) is 5.57. The molecule has 0 saturated carbocycles. The number of carboxylic acid groups (broad SMARTS) is 1. The largest absolute Gasteiger partial charge is 0.480 e. The minimum absolute atomic E-state index is 0.0521. The highest BCUT2D eigenvalue weighted by atomic mass is 16.4. The van der Waals surface area contributed by atoms with E-state index in [2.05, 4.69) is 34.6 Å². The molecule has 0 spiro atoms. The number of carbonyl (C=O) groups is 2. The highest BCUT2D eigenvalue weighted by Gasteiger charge is 2.35. The summed E-state index contributed by atoms with van der Waals surface area (Å²) in [4.78, 5) is 28.1. The maximum Gasteiger partial charge on any atom is 0.317 e. The Morgan fingerprint density at radius 2 is 2.00 bits per heavy atom. The molecular weight excluding hydrogens is 380 g/mol. The highest BCUT2D eigenvalue weighted by Crippen LogP contribution is 2.32. The zero-order chi connectivity index (χ0) is 21.1. The van der Waals surface area contributed by atoms with Crippen LogP contribution in [0.15, 0.2) is 23.5 Å². The first-order valence-corrected chi connectivity index (χ1v) is 11.6. The molecule has 0 aromatic heterocycles. The number of nitrogens with zero attached hydrogens (tertiary/aromatic N) is 2. The van der Waals surface area contributed by atoms with Crippen LogP contribution in [-0.2, 0) is 9.59 Å². The second kappa shape index (κ2) is 9.00. The van der Waals surface area contributed by atoms with Crippen LogP contribution in [0.4, 0.5) is 0 Å². The van der Waals surface area contributed by atoms with Crippen molar-refractivity contribution in [3.05, 3.63) is 23.5 Å². The van der Waals surface area contributed by atoms with Crippen LogP contribution in [-0.4, -0.2) is 71.6 Å². The van der Waals surface area contributed by atoms with Gasteiger partial charge in [-0.3, -0.25) is 14.5 Å². The van der Waals surface area contributed by atoms with Gasteiger partial charge in [0.25, 0.3) is 0 Å². The Bertz CT molecular complexity index is 726. The minimum Gasteiger partial charge on any atom is -0.480 e. The Hall–Kier alpha value is -2.02. The molecule has 166 valence electrons. The number of allylic oxidation sites excluding steroid dienone is 2. The Balaban J connectivity index is 1.29. The monoisotopic (exact) mass is 416 g/mol. The number of amides is 1. The molecule has 0 aromatic rings. The third-order valence-electron chi connectivity index (χ3n) is 7.15. The van der Waals surface area contributed by atoms with Crippen LogP contribution < -0.4 is 10.6 Å². The Morgan fingerprint density at radius 3 is 2.77 bits per heavy atom. The van der Waals surface area contributed by atoms with E-state index in [0.29, 0.717) is 19.0 Å². The van der Waals surface area contributed by atoms with Crippen LogP contribution in [0.2, 0.25) is 0 Å². The SMILES string of the molecule is CC1(CC2CCCN(C(=O)C3CCN(CC(=O)O)CC3)C2)C=CC2=C(NCCC2)N1. The molecule has 4 rings (SSSR count). The van der Waals surface area contributed by atoms with Crippen LogP contribution in [0.5, 0.6) is 0 Å². The summed E-state index contributed by atoms with van der Waals surface area (Å²) in [6.45, 7) is 6.50. The van der Waals surface area contributed by atoms with Crippen LogP contribution in [0.1, 0.15) is 51.9 Å². The molecule has 2 saturated heterocycles. The van der Waals surface area contributed by atoms with E-state index in [-0.39, 0.29) is 23.9 Å². The van der Waals surface area contributed by atoms with Gasteiger partial charge in [-0.1, -0.05) is 12.2 Å². The van der Waals surface area contributed by atoms with Crippen LogP contribution >= 0.6 is 0 Å². The maximum atomic E-state index is 13.1. The first-order chi connectivity index (χ1) is 14.4. The van der Waals surface area contributed by atoms with Gasteiger partial charge >= 0.3 is 5.97 Å². The van der Waals surface area contributed by atoms with Crippen molar-refractivity contribution in [1.29, 1.82) is 0 Å². The summed E-state index contributed by atoms with van der Waals surface area (Å²) in [6.07, 6.45) is 11.8. The van der Waals surface area contributed by atoms with Gasteiger partial charge in [0.2, 0.25) is 5.91 Å². The van der Waals surface area contributed by atoms with Gasteiger partial charge in [-0.05, 0) is 76.5 Å². The Labute approximate surface area is 179 Å². The zero-order valence-corrected chi connectivity index (χ0v) is 18.2. The van der Waals surface area contributed by atoms with Crippen LogP contribution in [0.3, 0.4) is 0 Å². The first-order valence-electron chi connectivity index (χ1n) is 11.6. The van der Waals surface area contributed by atoms with E-state index >= 15 is 0 Å². The lowest BCUT2D eigenvalue weighted by Crippen LogP contribution is -2.51. The molecule has 0 radical (unpaired) electrons. The Kier molecular flexibility index (Phi) is 6.37. The average molecular weight is 417 g/mol. The van der Waals surface area contributed by atoms with Crippen molar-refractivity contribution in [2.75, 3.05) is 39.3 Å². The third-order valence-corrected chi connectivity index (χ3v) is 7.15. The van der Waals surface area contributed by atoms with E-state index < -0.39 is 5.97 Å². The van der Waals surface area contributed by atoms with Gasteiger partial charge in [0.15, 0.2) is 0 Å². The number of carboxylic acids is 1. The smallest absolute Gasteiger partial charge is 0.317 e. The molecule has 30 heavy (non-hydrogen) atoms. The number of likely N-dealkylation sites (tertiary alicyclic amines) is 2. The third kappa shape index (κ3) is 4.99. The molecule has 2 unspecified atom stereocenters. The van der Waals surface area contributed by atoms with Crippen molar-refractivity contribution in [1.82, 2.24) is 20.4 Å². The molecule has 0 bridgehead atoms. The van der Waals surface area contributed by atoms with Crippen molar-refractivity contribution >= 4 is 11.9 Å². The van der Waals surface area contributed by atoms with Crippen LogP contribution in [0, 0.1) is 11.8 Å². The van der Waals surface area contributed by atoms with Crippen molar-refractivity contribution in [3.8, 4) is 0 Å². The lowest BCUT2D eigenvalue weighted by atomic mass is 9.81. The normalized spacial score (nSPS) is 30.4. The van der Waals surface area contributed by atoms with E-state index in [9.17, 15) is 9.59 Å². The van der Waals surface area contributed by atoms with Gasteiger partial charge in [-0.2, -0.15) is 0 Å². The number of aliphatic carboxylic acids is 1. The molecule has 7 nitrogen and oxygen atoms in total. The quantitative estimate of drug-likeness (QED) is 0.635. The molecule has 0 aliphatic carbocycles. The molecule has 0 aromatic carbocycles. The number of carbonyl (C=O) groups excluding carboxylic acids is 1. The van der Waals surface area contributed by atoms with Gasteiger partial charge < -0.3 is 20.6 Å². The van der Waals surface area contributed by atoms with Crippen molar-refractivity contribution in [2.45, 2.75) is 57.4 Å². The summed E-state index contributed by atoms with van der Waals surface area (Å²) in [6, 6.07) is 0. The van der Waals surface area contributed by atoms with E-state index in [1.807, 2.05) is 4.90 Å². The molecular formula is C23H36N4O3. The summed E-state index contributed by atoms with van der Waals surface area (Å²) in [5.41, 5.74) is 1.32. The highest BCUT2D eigenvalue weighted by molar-refractivity contribution is 5.79. The minimum atomic E-state index is -0.788. The summed E-state index contributed by atoms with van der Waals surface area (Å²) in [7, 11) is 0. The molecule has 1 amide bonds. The lowest BCUT2D eigenvalue weighted by Gasteiger charge is -2.42. The predicted molar refractivity (Wildman–Crippen MR) is 116 cm³/mol. The zero-order valence-electron chi connectivity index (χ0n) is 18.2. The number of piperidine rings is 2. The number of rotatable bonds is 5. The summed E-state index contributed by atoms with van der Waals surface area (Å²) in [5.74, 6) is 1.25. The van der Waals surface area contributed by atoms with Gasteiger partial charge in [-0.15, -0.1) is 0 Å². The van der Waals surface area contributed by atoms with E-state index in [1.54, 1.807) is 0 Å². The maximum absolute atomic E-state index is 13.1. The summed E-state index contributed by atoms with van der Waals surface area (Å²) < 4.78 is 0. The second-order valence-electron chi connectivity index (χ2n) is 9.75. The molecule has 4 heterocycles. The Morgan fingerprint density at radius 1 is 1.20 bits per heavy atom. The molecule has 7 heteroatoms.